The van der Waals surface area contributed by atoms with E-state index in [1.165, 1.54) is 17.5 Å². The number of nitrogens with zero attached hydrogens (tertiary/aromatic N) is 1. The highest BCUT2D eigenvalue weighted by Crippen LogP contribution is 2.32. The Balaban J connectivity index is 1.48. The van der Waals surface area contributed by atoms with Gasteiger partial charge in [-0.15, -0.1) is 11.3 Å². The Morgan fingerprint density at radius 2 is 1.97 bits per heavy atom. The number of pyridine rings is 1. The first-order chi connectivity index (χ1) is 15.6. The highest BCUT2D eigenvalue weighted by molar-refractivity contribution is 7.17. The van der Waals surface area contributed by atoms with Crippen molar-refractivity contribution in [2.45, 2.75) is 6.42 Å². The summed E-state index contributed by atoms with van der Waals surface area (Å²) in [7, 11) is 1.55. The second kappa shape index (κ2) is 8.32. The molecule has 0 atom stereocenters. The standard InChI is InChI=1S/C24H20N4O3S/c1-25-23(29)15-10-19(28-24(30)18-13-32-21-5-3-2-4-17(18)21)22(26-12-15)27-16-7-6-14-8-9-31-20(14)11-16/h2-7,10-13H,8-9H2,1H3,(H,25,29)(H,26,27)(H,28,30). The molecule has 1 aliphatic heterocycles. The molecule has 3 N–H and O–H groups in total. The molecular weight excluding hydrogens is 424 g/mol. The van der Waals surface area contributed by atoms with Gasteiger partial charge in [-0.1, -0.05) is 24.3 Å². The van der Waals surface area contributed by atoms with E-state index in [2.05, 4.69) is 20.9 Å². The van der Waals surface area contributed by atoms with E-state index in [1.54, 1.807) is 13.1 Å². The number of hydrogen-bond donors (Lipinski definition) is 3. The van der Waals surface area contributed by atoms with Crippen LogP contribution in [0.15, 0.2) is 60.1 Å². The minimum absolute atomic E-state index is 0.265. The molecule has 32 heavy (non-hydrogen) atoms. The molecule has 2 amide bonds. The summed E-state index contributed by atoms with van der Waals surface area (Å²) in [6, 6.07) is 15.2. The van der Waals surface area contributed by atoms with Gasteiger partial charge in [-0.3, -0.25) is 9.59 Å². The number of fused-ring (bicyclic) bond motifs is 2. The van der Waals surface area contributed by atoms with Crippen LogP contribution in [-0.2, 0) is 6.42 Å². The molecular formula is C24H20N4O3S. The van der Waals surface area contributed by atoms with Crippen molar-refractivity contribution < 1.29 is 14.3 Å². The lowest BCUT2D eigenvalue weighted by molar-refractivity contribution is 0.0961. The number of benzene rings is 2. The molecule has 0 spiro atoms. The average molecular weight is 445 g/mol. The Labute approximate surface area is 188 Å². The normalized spacial score (nSPS) is 12.2. The minimum Gasteiger partial charge on any atom is -0.493 e. The molecule has 8 heteroatoms. The predicted molar refractivity (Wildman–Crippen MR) is 126 cm³/mol. The summed E-state index contributed by atoms with van der Waals surface area (Å²) in [5, 5.41) is 11.5. The largest absolute Gasteiger partial charge is 0.493 e. The van der Waals surface area contributed by atoms with Crippen LogP contribution >= 0.6 is 11.3 Å². The van der Waals surface area contributed by atoms with E-state index in [4.69, 9.17) is 4.74 Å². The molecule has 2 aromatic heterocycles. The van der Waals surface area contributed by atoms with E-state index >= 15 is 0 Å². The van der Waals surface area contributed by atoms with E-state index in [0.717, 1.165) is 33.5 Å². The first kappa shape index (κ1) is 20.0. The zero-order valence-electron chi connectivity index (χ0n) is 17.3. The molecule has 1 aliphatic rings. The van der Waals surface area contributed by atoms with Gasteiger partial charge >= 0.3 is 0 Å². The fourth-order valence-electron chi connectivity index (χ4n) is 3.65. The van der Waals surface area contributed by atoms with Crippen LogP contribution in [-0.4, -0.2) is 30.5 Å². The SMILES string of the molecule is CNC(=O)c1cnc(Nc2ccc3c(c2)OCC3)c(NC(=O)c2csc3ccccc23)c1. The molecule has 2 aromatic carbocycles. The lowest BCUT2D eigenvalue weighted by Gasteiger charge is -2.14. The van der Waals surface area contributed by atoms with E-state index < -0.39 is 0 Å². The maximum atomic E-state index is 13.1. The molecule has 5 rings (SSSR count). The van der Waals surface area contributed by atoms with E-state index in [1.807, 2.05) is 47.8 Å². The molecule has 0 bridgehead atoms. The van der Waals surface area contributed by atoms with Gasteiger partial charge in [0.05, 0.1) is 23.4 Å². The lowest BCUT2D eigenvalue weighted by Crippen LogP contribution is -2.19. The Bertz CT molecular complexity index is 1350. The molecule has 160 valence electrons. The topological polar surface area (TPSA) is 92.3 Å². The highest BCUT2D eigenvalue weighted by Gasteiger charge is 2.18. The number of ether oxygens (including phenoxy) is 1. The minimum atomic E-state index is -0.286. The van der Waals surface area contributed by atoms with Crippen LogP contribution in [0.5, 0.6) is 5.75 Å². The molecule has 0 saturated carbocycles. The Hall–Kier alpha value is -3.91. The fourth-order valence-corrected chi connectivity index (χ4v) is 4.59. The molecule has 0 fully saturated rings. The van der Waals surface area contributed by atoms with Gasteiger partial charge in [0.1, 0.15) is 5.75 Å². The number of carbonyl (C=O) groups is 2. The van der Waals surface area contributed by atoms with Crippen LogP contribution in [0.4, 0.5) is 17.2 Å². The van der Waals surface area contributed by atoms with Crippen LogP contribution in [0.3, 0.4) is 0 Å². The summed E-state index contributed by atoms with van der Waals surface area (Å²) in [4.78, 5) is 29.7. The Morgan fingerprint density at radius 1 is 1.09 bits per heavy atom. The fraction of sp³-hybridized carbons (Fsp3) is 0.125. The van der Waals surface area contributed by atoms with Crippen molar-refractivity contribution in [1.29, 1.82) is 0 Å². The number of thiophene rings is 1. The number of rotatable bonds is 5. The first-order valence-electron chi connectivity index (χ1n) is 10.1. The number of amides is 2. The maximum Gasteiger partial charge on any atom is 0.257 e. The summed E-state index contributed by atoms with van der Waals surface area (Å²) >= 11 is 1.51. The van der Waals surface area contributed by atoms with E-state index in [0.29, 0.717) is 29.2 Å². The molecule has 0 unspecified atom stereocenters. The predicted octanol–water partition coefficient (Wildman–Crippen LogP) is 4.59. The van der Waals surface area contributed by atoms with Crippen LogP contribution in [0.1, 0.15) is 26.3 Å². The Morgan fingerprint density at radius 3 is 2.84 bits per heavy atom. The smallest absolute Gasteiger partial charge is 0.257 e. The first-order valence-corrected chi connectivity index (χ1v) is 11.0. The molecule has 3 heterocycles. The van der Waals surface area contributed by atoms with Gasteiger partial charge < -0.3 is 20.7 Å². The zero-order valence-corrected chi connectivity index (χ0v) is 18.1. The van der Waals surface area contributed by atoms with Gasteiger partial charge in [0.2, 0.25) is 0 Å². The van der Waals surface area contributed by atoms with E-state index in [9.17, 15) is 9.59 Å². The quantitative estimate of drug-likeness (QED) is 0.419. The monoisotopic (exact) mass is 444 g/mol. The molecule has 0 aliphatic carbocycles. The number of nitrogens with one attached hydrogen (secondary N) is 3. The van der Waals surface area contributed by atoms with Gasteiger partial charge in [0.15, 0.2) is 5.82 Å². The third-order valence-corrected chi connectivity index (χ3v) is 6.27. The second-order valence-electron chi connectivity index (χ2n) is 7.34. The van der Waals surface area contributed by atoms with Crippen LogP contribution in [0.25, 0.3) is 10.1 Å². The molecule has 0 radical (unpaired) electrons. The van der Waals surface area contributed by atoms with Crippen molar-refractivity contribution in [2.75, 3.05) is 24.3 Å². The number of aromatic nitrogens is 1. The average Bonchev–Trinajstić information content (AvgIpc) is 3.46. The molecule has 4 aromatic rings. The van der Waals surface area contributed by atoms with Crippen LogP contribution in [0, 0.1) is 0 Å². The Kier molecular flexibility index (Phi) is 5.20. The van der Waals surface area contributed by atoms with Gasteiger partial charge in [-0.05, 0) is 23.8 Å². The van der Waals surface area contributed by atoms with Crippen molar-refractivity contribution in [3.8, 4) is 5.75 Å². The van der Waals surface area contributed by atoms with Crippen molar-refractivity contribution >= 4 is 50.4 Å². The van der Waals surface area contributed by atoms with Gasteiger partial charge in [0, 0.05) is 46.9 Å². The summed E-state index contributed by atoms with van der Waals surface area (Å²) in [5.41, 5.74) is 3.28. The summed E-state index contributed by atoms with van der Waals surface area (Å²) in [6.07, 6.45) is 2.37. The summed E-state index contributed by atoms with van der Waals surface area (Å²) in [5.74, 6) is 0.723. The number of hydrogen-bond acceptors (Lipinski definition) is 6. The van der Waals surface area contributed by atoms with Gasteiger partial charge in [-0.25, -0.2) is 4.98 Å². The van der Waals surface area contributed by atoms with Gasteiger partial charge in [0.25, 0.3) is 11.8 Å². The van der Waals surface area contributed by atoms with Crippen molar-refractivity contribution in [1.82, 2.24) is 10.3 Å². The third kappa shape index (κ3) is 3.76. The zero-order chi connectivity index (χ0) is 22.1. The van der Waals surface area contributed by atoms with Crippen molar-refractivity contribution in [3.63, 3.8) is 0 Å². The van der Waals surface area contributed by atoms with Crippen molar-refractivity contribution in [2.24, 2.45) is 0 Å². The van der Waals surface area contributed by atoms with Crippen LogP contribution in [0.2, 0.25) is 0 Å². The van der Waals surface area contributed by atoms with Crippen molar-refractivity contribution in [3.05, 3.63) is 76.8 Å². The molecule has 7 nitrogen and oxygen atoms in total. The van der Waals surface area contributed by atoms with E-state index in [-0.39, 0.29) is 11.8 Å². The molecule has 0 saturated heterocycles. The maximum absolute atomic E-state index is 13.1. The number of anilines is 3. The van der Waals surface area contributed by atoms with Gasteiger partial charge in [-0.2, -0.15) is 0 Å². The highest BCUT2D eigenvalue weighted by atomic mass is 32.1. The third-order valence-electron chi connectivity index (χ3n) is 5.31. The van der Waals surface area contributed by atoms with Crippen LogP contribution < -0.4 is 20.7 Å². The lowest BCUT2D eigenvalue weighted by atomic mass is 10.1. The second-order valence-corrected chi connectivity index (χ2v) is 8.26. The number of carbonyl (C=O) groups excluding carboxylic acids is 2. The summed E-state index contributed by atoms with van der Waals surface area (Å²) in [6.45, 7) is 0.674. The summed E-state index contributed by atoms with van der Waals surface area (Å²) < 4.78 is 6.68.